The van der Waals surface area contributed by atoms with E-state index in [2.05, 4.69) is 10.5 Å². The Morgan fingerprint density at radius 2 is 1.52 bits per heavy atom. The number of nitrogens with zero attached hydrogens (tertiary/aromatic N) is 3. The van der Waals surface area contributed by atoms with Crippen molar-refractivity contribution in [2.45, 2.75) is 0 Å². The third-order valence-electron chi connectivity index (χ3n) is 4.05. The first-order chi connectivity index (χ1) is 13.3. The number of rotatable bonds is 5. The van der Waals surface area contributed by atoms with Crippen LogP contribution in [0.2, 0.25) is 0 Å². The summed E-state index contributed by atoms with van der Waals surface area (Å²) in [5, 5.41) is 9.02. The van der Waals surface area contributed by atoms with Gasteiger partial charge in [-0.15, -0.1) is 0 Å². The van der Waals surface area contributed by atoms with Crippen molar-refractivity contribution >= 4 is 11.9 Å². The first kappa shape index (κ1) is 16.7. The highest BCUT2D eigenvalue weighted by Crippen LogP contribution is 2.22. The monoisotopic (exact) mass is 356 g/mol. The van der Waals surface area contributed by atoms with Gasteiger partial charge in [0, 0.05) is 17.3 Å². The topological polar surface area (TPSA) is 42.2 Å². The minimum Gasteiger partial charge on any atom is -0.278 e. The smallest absolute Gasteiger partial charge is 0.123 e. The SMILES string of the molecule is Fc1ccc(N/N=C\c2cn(-c3ccccc3)nc2-c2ccccc2)cc1. The van der Waals surface area contributed by atoms with Crippen molar-refractivity contribution in [2.75, 3.05) is 5.43 Å². The third-order valence-corrected chi connectivity index (χ3v) is 4.05. The molecule has 0 atom stereocenters. The van der Waals surface area contributed by atoms with Crippen LogP contribution in [-0.4, -0.2) is 16.0 Å². The second-order valence-electron chi connectivity index (χ2n) is 5.96. The zero-order valence-electron chi connectivity index (χ0n) is 14.5. The summed E-state index contributed by atoms with van der Waals surface area (Å²) in [6.45, 7) is 0. The molecular weight excluding hydrogens is 339 g/mol. The molecule has 0 aliphatic carbocycles. The Morgan fingerprint density at radius 3 is 2.22 bits per heavy atom. The van der Waals surface area contributed by atoms with Gasteiger partial charge in [-0.25, -0.2) is 9.07 Å². The van der Waals surface area contributed by atoms with Gasteiger partial charge in [-0.05, 0) is 36.4 Å². The Labute approximate surface area is 156 Å². The van der Waals surface area contributed by atoms with Crippen molar-refractivity contribution in [1.82, 2.24) is 9.78 Å². The predicted octanol–water partition coefficient (Wildman–Crippen LogP) is 5.12. The summed E-state index contributed by atoms with van der Waals surface area (Å²) in [6, 6.07) is 25.9. The summed E-state index contributed by atoms with van der Waals surface area (Å²) in [6.07, 6.45) is 3.66. The molecule has 0 saturated carbocycles. The zero-order chi connectivity index (χ0) is 18.5. The number of nitrogens with one attached hydrogen (secondary N) is 1. The fourth-order valence-corrected chi connectivity index (χ4v) is 2.72. The number of aromatic nitrogens is 2. The average Bonchev–Trinajstić information content (AvgIpc) is 3.15. The van der Waals surface area contributed by atoms with E-state index in [0.29, 0.717) is 5.69 Å². The number of halogens is 1. The lowest BCUT2D eigenvalue weighted by Gasteiger charge is -2.00. The summed E-state index contributed by atoms with van der Waals surface area (Å²) in [7, 11) is 0. The zero-order valence-corrected chi connectivity index (χ0v) is 14.5. The largest absolute Gasteiger partial charge is 0.278 e. The molecule has 1 heterocycles. The molecule has 0 radical (unpaired) electrons. The van der Waals surface area contributed by atoms with Gasteiger partial charge in [0.15, 0.2) is 0 Å². The van der Waals surface area contributed by atoms with Gasteiger partial charge in [0.25, 0.3) is 0 Å². The summed E-state index contributed by atoms with van der Waals surface area (Å²) < 4.78 is 14.8. The summed E-state index contributed by atoms with van der Waals surface area (Å²) in [5.41, 5.74) is 7.32. The molecule has 1 N–H and O–H groups in total. The second kappa shape index (κ2) is 7.66. The molecule has 0 unspecified atom stereocenters. The molecule has 4 aromatic rings. The van der Waals surface area contributed by atoms with Crippen LogP contribution in [0.25, 0.3) is 16.9 Å². The number of hydrazone groups is 1. The van der Waals surface area contributed by atoms with E-state index in [0.717, 1.165) is 22.5 Å². The first-order valence-corrected chi connectivity index (χ1v) is 8.55. The number of anilines is 1. The predicted molar refractivity (Wildman–Crippen MR) is 107 cm³/mol. The molecule has 0 saturated heterocycles. The Kier molecular flexibility index (Phi) is 4.74. The summed E-state index contributed by atoms with van der Waals surface area (Å²) >= 11 is 0. The molecule has 0 aliphatic rings. The number of hydrogen-bond acceptors (Lipinski definition) is 3. The van der Waals surface area contributed by atoms with Gasteiger partial charge >= 0.3 is 0 Å². The van der Waals surface area contributed by atoms with E-state index in [9.17, 15) is 4.39 Å². The van der Waals surface area contributed by atoms with Crippen LogP contribution in [0.5, 0.6) is 0 Å². The molecule has 0 spiro atoms. The average molecular weight is 356 g/mol. The van der Waals surface area contributed by atoms with Gasteiger partial charge < -0.3 is 0 Å². The van der Waals surface area contributed by atoms with E-state index in [-0.39, 0.29) is 5.82 Å². The molecule has 0 bridgehead atoms. The summed E-state index contributed by atoms with van der Waals surface area (Å²) in [4.78, 5) is 0. The van der Waals surface area contributed by atoms with E-state index in [1.54, 1.807) is 18.3 Å². The minimum absolute atomic E-state index is 0.278. The van der Waals surface area contributed by atoms with Crippen molar-refractivity contribution < 1.29 is 4.39 Å². The maximum atomic E-state index is 13.0. The van der Waals surface area contributed by atoms with Crippen LogP contribution >= 0.6 is 0 Å². The maximum Gasteiger partial charge on any atom is 0.123 e. The number of para-hydroxylation sites is 1. The van der Waals surface area contributed by atoms with Crippen molar-refractivity contribution in [2.24, 2.45) is 5.10 Å². The third kappa shape index (κ3) is 3.93. The molecule has 0 amide bonds. The number of benzene rings is 3. The lowest BCUT2D eigenvalue weighted by atomic mass is 10.1. The molecule has 3 aromatic carbocycles. The molecule has 4 rings (SSSR count). The highest BCUT2D eigenvalue weighted by Gasteiger charge is 2.10. The Bertz CT molecular complexity index is 1040. The van der Waals surface area contributed by atoms with Gasteiger partial charge in [-0.3, -0.25) is 5.43 Å². The van der Waals surface area contributed by atoms with Crippen LogP contribution < -0.4 is 5.43 Å². The lowest BCUT2D eigenvalue weighted by Crippen LogP contribution is -1.93. The van der Waals surface area contributed by atoms with Crippen LogP contribution in [0.15, 0.2) is 96.2 Å². The Balaban J connectivity index is 1.66. The van der Waals surface area contributed by atoms with E-state index < -0.39 is 0 Å². The normalized spacial score (nSPS) is 11.0. The van der Waals surface area contributed by atoms with Gasteiger partial charge in [0.2, 0.25) is 0 Å². The molecule has 5 heteroatoms. The quantitative estimate of drug-likeness (QED) is 0.398. The molecule has 27 heavy (non-hydrogen) atoms. The molecule has 1 aromatic heterocycles. The van der Waals surface area contributed by atoms with Crippen LogP contribution in [0.1, 0.15) is 5.56 Å². The van der Waals surface area contributed by atoms with Gasteiger partial charge in [0.05, 0.1) is 17.6 Å². The molecule has 0 aliphatic heterocycles. The first-order valence-electron chi connectivity index (χ1n) is 8.55. The van der Waals surface area contributed by atoms with Crippen LogP contribution in [0.3, 0.4) is 0 Å². The number of hydrogen-bond donors (Lipinski definition) is 1. The van der Waals surface area contributed by atoms with Crippen molar-refractivity contribution in [3.8, 4) is 16.9 Å². The van der Waals surface area contributed by atoms with Gasteiger partial charge in [-0.2, -0.15) is 10.2 Å². The lowest BCUT2D eigenvalue weighted by molar-refractivity contribution is 0.628. The van der Waals surface area contributed by atoms with Crippen LogP contribution in [0, 0.1) is 5.82 Å². The van der Waals surface area contributed by atoms with E-state index in [1.165, 1.54) is 12.1 Å². The highest BCUT2D eigenvalue weighted by molar-refractivity contribution is 5.89. The second-order valence-corrected chi connectivity index (χ2v) is 5.96. The fourth-order valence-electron chi connectivity index (χ4n) is 2.72. The van der Waals surface area contributed by atoms with Crippen LogP contribution in [0.4, 0.5) is 10.1 Å². The molecule has 4 nitrogen and oxygen atoms in total. The maximum absolute atomic E-state index is 13.0. The van der Waals surface area contributed by atoms with Crippen molar-refractivity contribution in [1.29, 1.82) is 0 Å². The Hall–Kier alpha value is -3.73. The fraction of sp³-hybridized carbons (Fsp3) is 0. The Morgan fingerprint density at radius 1 is 0.852 bits per heavy atom. The highest BCUT2D eigenvalue weighted by atomic mass is 19.1. The standard InChI is InChI=1S/C22H17FN4/c23-19-11-13-20(14-12-19)25-24-15-18-16-27(21-9-5-2-6-10-21)26-22(18)17-7-3-1-4-8-17/h1-16,25H/b24-15-. The summed E-state index contributed by atoms with van der Waals surface area (Å²) in [5.74, 6) is -0.278. The minimum atomic E-state index is -0.278. The van der Waals surface area contributed by atoms with E-state index in [4.69, 9.17) is 5.10 Å². The van der Waals surface area contributed by atoms with E-state index >= 15 is 0 Å². The molecular formula is C22H17FN4. The van der Waals surface area contributed by atoms with Crippen molar-refractivity contribution in [3.05, 3.63) is 103 Å². The van der Waals surface area contributed by atoms with Crippen molar-refractivity contribution in [3.63, 3.8) is 0 Å². The van der Waals surface area contributed by atoms with E-state index in [1.807, 2.05) is 71.5 Å². The van der Waals surface area contributed by atoms with Gasteiger partial charge in [-0.1, -0.05) is 48.5 Å². The molecule has 0 fully saturated rings. The van der Waals surface area contributed by atoms with Crippen LogP contribution in [-0.2, 0) is 0 Å². The van der Waals surface area contributed by atoms with Gasteiger partial charge in [0.1, 0.15) is 11.5 Å². The molecule has 132 valence electrons.